The largest absolute Gasteiger partial charge is 0.447 e. The molecule has 0 bridgehead atoms. The fourth-order valence-electron chi connectivity index (χ4n) is 2.91. The number of benzene rings is 2. The molecule has 9 heteroatoms. The van der Waals surface area contributed by atoms with Crippen molar-refractivity contribution in [2.75, 3.05) is 31.0 Å². The first-order chi connectivity index (χ1) is 15.0. The normalized spacial score (nSPS) is 10.5. The van der Waals surface area contributed by atoms with Crippen LogP contribution in [-0.4, -0.2) is 42.1 Å². The van der Waals surface area contributed by atoms with Crippen molar-refractivity contribution >= 4 is 35.0 Å². The minimum atomic E-state index is -0.610. The Morgan fingerprint density at radius 2 is 1.74 bits per heavy atom. The van der Waals surface area contributed by atoms with Gasteiger partial charge < -0.3 is 14.8 Å². The summed E-state index contributed by atoms with van der Waals surface area (Å²) in [5.41, 5.74) is 2.81. The first kappa shape index (κ1) is 22.3. The van der Waals surface area contributed by atoms with Gasteiger partial charge in [-0.3, -0.25) is 10.1 Å². The number of hydrogen-bond donors (Lipinski definition) is 2. The molecule has 0 saturated heterocycles. The molecule has 31 heavy (non-hydrogen) atoms. The number of methoxy groups -OCH3 is 1. The van der Waals surface area contributed by atoms with E-state index in [0.717, 1.165) is 5.56 Å². The molecule has 0 atom stereocenters. The van der Waals surface area contributed by atoms with Gasteiger partial charge in [0.25, 0.3) is 5.91 Å². The zero-order chi connectivity index (χ0) is 22.2. The van der Waals surface area contributed by atoms with Crippen molar-refractivity contribution in [2.45, 2.75) is 13.5 Å². The van der Waals surface area contributed by atoms with Crippen LogP contribution in [0, 0.1) is 6.92 Å². The fraction of sp³-hybridized carbons (Fsp3) is 0.227. The highest BCUT2D eigenvalue weighted by Gasteiger charge is 2.20. The minimum Gasteiger partial charge on any atom is -0.447 e. The number of anilines is 2. The lowest BCUT2D eigenvalue weighted by molar-refractivity contribution is 0.102. The maximum absolute atomic E-state index is 12.9. The van der Waals surface area contributed by atoms with E-state index in [9.17, 15) is 9.59 Å². The summed E-state index contributed by atoms with van der Waals surface area (Å²) in [5, 5.41) is 10.1. The van der Waals surface area contributed by atoms with E-state index in [4.69, 9.17) is 21.1 Å². The Bertz CT molecular complexity index is 1050. The second kappa shape index (κ2) is 10.6. The third kappa shape index (κ3) is 6.07. The zero-order valence-electron chi connectivity index (χ0n) is 17.2. The molecule has 0 aliphatic rings. The van der Waals surface area contributed by atoms with Gasteiger partial charge in [-0.1, -0.05) is 48.0 Å². The Kier molecular flexibility index (Phi) is 7.64. The monoisotopic (exact) mass is 442 g/mol. The maximum atomic E-state index is 12.9. The number of hydrogen-bond acceptors (Lipinski definition) is 5. The van der Waals surface area contributed by atoms with Gasteiger partial charge in [0, 0.05) is 18.5 Å². The molecule has 0 aliphatic heterocycles. The number of carbonyl (C=O) groups excluding carboxylic acids is 2. The number of ether oxygens (including phenoxy) is 2. The van der Waals surface area contributed by atoms with Crippen LogP contribution in [0.25, 0.3) is 0 Å². The van der Waals surface area contributed by atoms with Crippen molar-refractivity contribution < 1.29 is 19.1 Å². The van der Waals surface area contributed by atoms with Crippen molar-refractivity contribution in [3.05, 3.63) is 76.6 Å². The Morgan fingerprint density at radius 1 is 1.03 bits per heavy atom. The number of carbonyl (C=O) groups is 2. The van der Waals surface area contributed by atoms with Gasteiger partial charge in [0.2, 0.25) is 0 Å². The van der Waals surface area contributed by atoms with E-state index in [1.807, 2.05) is 30.3 Å². The van der Waals surface area contributed by atoms with Crippen LogP contribution in [0.3, 0.4) is 0 Å². The minimum absolute atomic E-state index is 0.142. The third-order valence-electron chi connectivity index (χ3n) is 4.36. The van der Waals surface area contributed by atoms with Gasteiger partial charge >= 0.3 is 6.09 Å². The molecule has 3 rings (SSSR count). The van der Waals surface area contributed by atoms with Crippen LogP contribution in [0.15, 0.2) is 54.6 Å². The lowest BCUT2D eigenvalue weighted by Gasteiger charge is -2.09. The summed E-state index contributed by atoms with van der Waals surface area (Å²) in [6.07, 6.45) is -0.610. The van der Waals surface area contributed by atoms with Crippen molar-refractivity contribution in [2.24, 2.45) is 0 Å². The summed E-state index contributed by atoms with van der Waals surface area (Å²) in [5.74, 6) is -0.387. The molecular formula is C22H23ClN4O4. The molecule has 2 aromatic carbocycles. The van der Waals surface area contributed by atoms with Gasteiger partial charge in [0.15, 0.2) is 0 Å². The number of aryl methyl sites for hydroxylation is 1. The second-order valence-electron chi connectivity index (χ2n) is 6.68. The molecule has 1 heterocycles. The van der Waals surface area contributed by atoms with E-state index < -0.39 is 6.09 Å². The molecule has 1 aromatic heterocycles. The summed E-state index contributed by atoms with van der Waals surface area (Å²) in [7, 11) is 1.52. The van der Waals surface area contributed by atoms with Crippen LogP contribution in [-0.2, 0) is 16.0 Å². The summed E-state index contributed by atoms with van der Waals surface area (Å²) >= 11 is 6.46. The van der Waals surface area contributed by atoms with Crippen molar-refractivity contribution in [3.8, 4) is 0 Å². The number of halogens is 1. The van der Waals surface area contributed by atoms with Gasteiger partial charge in [-0.05, 0) is 30.7 Å². The van der Waals surface area contributed by atoms with Crippen molar-refractivity contribution in [3.63, 3.8) is 0 Å². The summed E-state index contributed by atoms with van der Waals surface area (Å²) in [4.78, 5) is 24.6. The zero-order valence-corrected chi connectivity index (χ0v) is 18.0. The van der Waals surface area contributed by atoms with Crippen LogP contribution < -0.4 is 10.6 Å². The van der Waals surface area contributed by atoms with Gasteiger partial charge in [-0.2, -0.15) is 5.10 Å². The standard InChI is InChI=1S/C22H23ClN4O4/c1-15-19(20(23)27(26-15)14-16-7-4-3-5-8-16)21(28)24-17-9-6-10-18(13-17)25-22(29)31-12-11-30-2/h3-10,13H,11-12,14H2,1-2H3,(H,24,28)(H,25,29). The smallest absolute Gasteiger partial charge is 0.411 e. The van der Waals surface area contributed by atoms with Crippen LogP contribution in [0.4, 0.5) is 16.2 Å². The summed E-state index contributed by atoms with van der Waals surface area (Å²) in [6, 6.07) is 16.4. The third-order valence-corrected chi connectivity index (χ3v) is 4.74. The summed E-state index contributed by atoms with van der Waals surface area (Å²) in [6.45, 7) is 2.64. The van der Waals surface area contributed by atoms with E-state index in [1.54, 1.807) is 35.9 Å². The van der Waals surface area contributed by atoms with E-state index in [-0.39, 0.29) is 17.7 Å². The van der Waals surface area contributed by atoms with Gasteiger partial charge in [0.1, 0.15) is 11.8 Å². The number of nitrogens with zero attached hydrogens (tertiary/aromatic N) is 2. The molecule has 8 nitrogen and oxygen atoms in total. The lowest BCUT2D eigenvalue weighted by Crippen LogP contribution is -2.17. The van der Waals surface area contributed by atoms with E-state index >= 15 is 0 Å². The topological polar surface area (TPSA) is 94.5 Å². The van der Waals surface area contributed by atoms with Crippen LogP contribution >= 0.6 is 11.6 Å². The highest BCUT2D eigenvalue weighted by atomic mass is 35.5. The number of rotatable bonds is 8. The molecule has 2 N–H and O–H groups in total. The molecular weight excluding hydrogens is 420 g/mol. The van der Waals surface area contributed by atoms with Crippen LogP contribution in [0.5, 0.6) is 0 Å². The lowest BCUT2D eigenvalue weighted by atomic mass is 10.2. The Labute approximate surface area is 185 Å². The van der Waals surface area contributed by atoms with E-state index in [2.05, 4.69) is 15.7 Å². The van der Waals surface area contributed by atoms with Gasteiger partial charge in [-0.25, -0.2) is 9.48 Å². The van der Waals surface area contributed by atoms with Crippen molar-refractivity contribution in [1.29, 1.82) is 0 Å². The molecule has 162 valence electrons. The molecule has 2 amide bonds. The van der Waals surface area contributed by atoms with E-state index in [0.29, 0.717) is 35.8 Å². The Morgan fingerprint density at radius 3 is 2.45 bits per heavy atom. The predicted molar refractivity (Wildman–Crippen MR) is 119 cm³/mol. The van der Waals surface area contributed by atoms with Crippen molar-refractivity contribution in [1.82, 2.24) is 9.78 Å². The first-order valence-corrected chi connectivity index (χ1v) is 9.96. The fourth-order valence-corrected chi connectivity index (χ4v) is 3.23. The predicted octanol–water partition coefficient (Wildman–Crippen LogP) is 4.34. The van der Waals surface area contributed by atoms with Crippen LogP contribution in [0.1, 0.15) is 21.6 Å². The SMILES string of the molecule is COCCOC(=O)Nc1cccc(NC(=O)c2c(C)nn(Cc3ccccc3)c2Cl)c1. The molecule has 0 unspecified atom stereocenters. The first-order valence-electron chi connectivity index (χ1n) is 9.59. The Balaban J connectivity index is 1.68. The average Bonchev–Trinajstić information content (AvgIpc) is 3.02. The quantitative estimate of drug-likeness (QED) is 0.506. The highest BCUT2D eigenvalue weighted by molar-refractivity contribution is 6.33. The molecule has 0 spiro atoms. The number of amides is 2. The summed E-state index contributed by atoms with van der Waals surface area (Å²) < 4.78 is 11.4. The second-order valence-corrected chi connectivity index (χ2v) is 7.04. The average molecular weight is 443 g/mol. The number of nitrogens with one attached hydrogen (secondary N) is 2. The van der Waals surface area contributed by atoms with E-state index in [1.165, 1.54) is 7.11 Å². The molecule has 3 aromatic rings. The molecule has 0 fully saturated rings. The highest BCUT2D eigenvalue weighted by Crippen LogP contribution is 2.23. The maximum Gasteiger partial charge on any atom is 0.411 e. The van der Waals surface area contributed by atoms with Gasteiger partial charge in [0.05, 0.1) is 24.4 Å². The molecule has 0 radical (unpaired) electrons. The van der Waals surface area contributed by atoms with Crippen LogP contribution in [0.2, 0.25) is 5.15 Å². The number of aromatic nitrogens is 2. The van der Waals surface area contributed by atoms with Gasteiger partial charge in [-0.15, -0.1) is 0 Å². The Hall–Kier alpha value is -3.36. The molecule has 0 aliphatic carbocycles. The molecule has 0 saturated carbocycles.